The van der Waals surface area contributed by atoms with Gasteiger partial charge < -0.3 is 15.3 Å². The van der Waals surface area contributed by atoms with E-state index in [2.05, 4.69) is 15.3 Å². The van der Waals surface area contributed by atoms with E-state index < -0.39 is 17.8 Å². The Hall–Kier alpha value is -3.17. The van der Waals surface area contributed by atoms with Crippen LogP contribution in [-0.4, -0.2) is 46.6 Å². The van der Waals surface area contributed by atoms with E-state index in [1.807, 2.05) is 0 Å². The highest BCUT2D eigenvalue weighted by atomic mass is 19.4. The number of carboxylic acid groups (broad SMARTS) is 1. The number of benzene rings is 1. The van der Waals surface area contributed by atoms with Crippen LogP contribution in [0.4, 0.5) is 19.1 Å². The minimum atomic E-state index is -4.51. The molecule has 1 aliphatic heterocycles. The third-order valence-corrected chi connectivity index (χ3v) is 4.78. The van der Waals surface area contributed by atoms with Gasteiger partial charge in [0.2, 0.25) is 5.95 Å². The normalized spacial score (nSPS) is 15.2. The zero-order chi connectivity index (χ0) is 21.0. The molecule has 1 aliphatic rings. The lowest BCUT2D eigenvalue weighted by Gasteiger charge is -2.32. The molecule has 0 unspecified atom stereocenters. The number of hydrogen-bond acceptors (Lipinski definition) is 5. The van der Waals surface area contributed by atoms with E-state index in [4.69, 9.17) is 5.11 Å². The van der Waals surface area contributed by atoms with Crippen LogP contribution in [0.3, 0.4) is 0 Å². The molecule has 0 bridgehead atoms. The summed E-state index contributed by atoms with van der Waals surface area (Å²) in [7, 11) is 0. The molecule has 0 atom stereocenters. The summed E-state index contributed by atoms with van der Waals surface area (Å²) < 4.78 is 38.4. The number of aromatic nitrogens is 2. The predicted molar refractivity (Wildman–Crippen MR) is 97.7 cm³/mol. The Morgan fingerprint density at radius 1 is 1.10 bits per heavy atom. The largest absolute Gasteiger partial charge is 0.478 e. The average molecular weight is 408 g/mol. The highest BCUT2D eigenvalue weighted by Gasteiger charge is 2.33. The minimum absolute atomic E-state index is 0.0563. The lowest BCUT2D eigenvalue weighted by Crippen LogP contribution is -2.39. The molecular formula is C19H19F3N4O3. The van der Waals surface area contributed by atoms with Crippen molar-refractivity contribution in [2.24, 2.45) is 5.92 Å². The summed E-state index contributed by atoms with van der Waals surface area (Å²) in [5.41, 5.74) is -0.499. The quantitative estimate of drug-likeness (QED) is 0.790. The van der Waals surface area contributed by atoms with Crippen LogP contribution < -0.4 is 10.2 Å². The lowest BCUT2D eigenvalue weighted by molar-refractivity contribution is -0.141. The Kier molecular flexibility index (Phi) is 6.00. The zero-order valence-corrected chi connectivity index (χ0v) is 15.3. The fraction of sp³-hybridized carbons (Fsp3) is 0.368. The monoisotopic (exact) mass is 408 g/mol. The number of alkyl halides is 3. The van der Waals surface area contributed by atoms with Crippen LogP contribution in [0.2, 0.25) is 0 Å². The van der Waals surface area contributed by atoms with Crippen molar-refractivity contribution in [1.82, 2.24) is 15.3 Å². The maximum atomic E-state index is 12.8. The molecule has 2 heterocycles. The Morgan fingerprint density at radius 3 is 2.31 bits per heavy atom. The molecule has 2 aromatic rings. The van der Waals surface area contributed by atoms with Crippen LogP contribution in [0.1, 0.15) is 39.3 Å². The molecule has 0 saturated carbocycles. The number of halogens is 3. The summed E-state index contributed by atoms with van der Waals surface area (Å²) in [5.74, 6) is -1.13. The SMILES string of the molecule is O=C(O)c1ccc(C(=O)NCC2CCN(c3nccc(C(F)(F)F)n3)CC2)cc1. The molecule has 1 amide bonds. The van der Waals surface area contributed by atoms with Crippen LogP contribution in [0.5, 0.6) is 0 Å². The van der Waals surface area contributed by atoms with Crippen molar-refractivity contribution in [2.75, 3.05) is 24.5 Å². The number of carboxylic acids is 1. The Balaban J connectivity index is 1.50. The summed E-state index contributed by atoms with van der Waals surface area (Å²) in [5, 5.41) is 11.7. The molecule has 0 radical (unpaired) electrons. The van der Waals surface area contributed by atoms with Gasteiger partial charge in [-0.2, -0.15) is 13.2 Å². The molecule has 2 N–H and O–H groups in total. The van der Waals surface area contributed by atoms with Crippen molar-refractivity contribution in [1.29, 1.82) is 0 Å². The third-order valence-electron chi connectivity index (χ3n) is 4.78. The van der Waals surface area contributed by atoms with Gasteiger partial charge in [0, 0.05) is 31.4 Å². The van der Waals surface area contributed by atoms with E-state index in [0.29, 0.717) is 38.0 Å². The van der Waals surface area contributed by atoms with Crippen LogP contribution in [-0.2, 0) is 6.18 Å². The first-order valence-corrected chi connectivity index (χ1v) is 9.01. The van der Waals surface area contributed by atoms with Crippen LogP contribution in [0.25, 0.3) is 0 Å². The second-order valence-corrected chi connectivity index (χ2v) is 6.76. The third kappa shape index (κ3) is 5.21. The van der Waals surface area contributed by atoms with Crippen molar-refractivity contribution < 1.29 is 27.9 Å². The van der Waals surface area contributed by atoms with Crippen LogP contribution in [0.15, 0.2) is 36.5 Å². The van der Waals surface area contributed by atoms with Crippen LogP contribution in [0, 0.1) is 5.92 Å². The summed E-state index contributed by atoms with van der Waals surface area (Å²) in [6, 6.07) is 6.48. The van der Waals surface area contributed by atoms with Crippen molar-refractivity contribution >= 4 is 17.8 Å². The average Bonchev–Trinajstić information content (AvgIpc) is 2.72. The van der Waals surface area contributed by atoms with Gasteiger partial charge in [-0.3, -0.25) is 4.79 Å². The second kappa shape index (κ2) is 8.46. The van der Waals surface area contributed by atoms with Gasteiger partial charge >= 0.3 is 12.1 Å². The van der Waals surface area contributed by atoms with E-state index in [0.717, 1.165) is 12.3 Å². The number of nitrogens with zero attached hydrogens (tertiary/aromatic N) is 3. The number of hydrogen-bond donors (Lipinski definition) is 2. The highest BCUT2D eigenvalue weighted by molar-refractivity contribution is 5.95. The van der Waals surface area contributed by atoms with Gasteiger partial charge in [-0.05, 0) is 49.1 Å². The van der Waals surface area contributed by atoms with Gasteiger partial charge in [-0.15, -0.1) is 0 Å². The Morgan fingerprint density at radius 2 is 1.72 bits per heavy atom. The summed E-state index contributed by atoms with van der Waals surface area (Å²) in [6.45, 7) is 1.42. The Labute approximate surface area is 164 Å². The number of anilines is 1. The van der Waals surface area contributed by atoms with Gasteiger partial charge in [-0.1, -0.05) is 0 Å². The minimum Gasteiger partial charge on any atom is -0.478 e. The number of carbonyl (C=O) groups is 2. The molecule has 29 heavy (non-hydrogen) atoms. The fourth-order valence-electron chi connectivity index (χ4n) is 3.10. The molecule has 0 aliphatic carbocycles. The standard InChI is InChI=1S/C19H19F3N4O3/c20-19(21,22)15-5-8-23-18(25-15)26-9-6-12(7-10-26)11-24-16(27)13-1-3-14(4-2-13)17(28)29/h1-5,8,12H,6-7,9-11H2,(H,24,27)(H,28,29). The van der Waals surface area contributed by atoms with E-state index >= 15 is 0 Å². The molecule has 7 nitrogen and oxygen atoms in total. The number of nitrogens with one attached hydrogen (secondary N) is 1. The first-order chi connectivity index (χ1) is 13.7. The summed E-state index contributed by atoms with van der Waals surface area (Å²) in [6.07, 6.45) is -2.05. The van der Waals surface area contributed by atoms with E-state index in [-0.39, 0.29) is 23.3 Å². The number of rotatable bonds is 5. The molecule has 1 aromatic carbocycles. The van der Waals surface area contributed by atoms with Gasteiger partial charge in [0.25, 0.3) is 5.91 Å². The molecule has 0 spiro atoms. The van der Waals surface area contributed by atoms with Crippen molar-refractivity contribution in [3.05, 3.63) is 53.3 Å². The second-order valence-electron chi connectivity index (χ2n) is 6.76. The topological polar surface area (TPSA) is 95.4 Å². The van der Waals surface area contributed by atoms with Crippen molar-refractivity contribution in [2.45, 2.75) is 19.0 Å². The lowest BCUT2D eigenvalue weighted by atomic mass is 9.97. The molecule has 3 rings (SSSR count). The predicted octanol–water partition coefficient (Wildman–Crippen LogP) is 2.84. The molecule has 1 aromatic heterocycles. The fourth-order valence-corrected chi connectivity index (χ4v) is 3.10. The van der Waals surface area contributed by atoms with Gasteiger partial charge in [-0.25, -0.2) is 14.8 Å². The maximum absolute atomic E-state index is 12.8. The smallest absolute Gasteiger partial charge is 0.433 e. The molecule has 1 fully saturated rings. The first-order valence-electron chi connectivity index (χ1n) is 9.01. The van der Waals surface area contributed by atoms with Gasteiger partial charge in [0.05, 0.1) is 5.56 Å². The Bertz CT molecular complexity index is 879. The molecule has 154 valence electrons. The number of piperidine rings is 1. The van der Waals surface area contributed by atoms with Crippen molar-refractivity contribution in [3.8, 4) is 0 Å². The zero-order valence-electron chi connectivity index (χ0n) is 15.3. The number of amides is 1. The molecule has 1 saturated heterocycles. The molecular weight excluding hydrogens is 389 g/mol. The first kappa shape index (κ1) is 20.6. The maximum Gasteiger partial charge on any atom is 0.433 e. The van der Waals surface area contributed by atoms with E-state index in [9.17, 15) is 22.8 Å². The van der Waals surface area contributed by atoms with Gasteiger partial charge in [0.1, 0.15) is 5.69 Å². The van der Waals surface area contributed by atoms with Crippen molar-refractivity contribution in [3.63, 3.8) is 0 Å². The highest BCUT2D eigenvalue weighted by Crippen LogP contribution is 2.29. The number of aromatic carboxylic acids is 1. The summed E-state index contributed by atoms with van der Waals surface area (Å²) >= 11 is 0. The van der Waals surface area contributed by atoms with E-state index in [1.54, 1.807) is 4.90 Å². The van der Waals surface area contributed by atoms with Crippen LogP contribution >= 0.6 is 0 Å². The number of carbonyl (C=O) groups excluding carboxylic acids is 1. The summed E-state index contributed by atoms with van der Waals surface area (Å²) in [4.78, 5) is 32.3. The van der Waals surface area contributed by atoms with E-state index in [1.165, 1.54) is 24.3 Å². The molecule has 10 heteroatoms. The van der Waals surface area contributed by atoms with Gasteiger partial charge in [0.15, 0.2) is 0 Å².